The highest BCUT2D eigenvalue weighted by molar-refractivity contribution is 7.91. The molecule has 1 aliphatic rings. The molecule has 16 heavy (non-hydrogen) atoms. The van der Waals surface area contributed by atoms with Crippen molar-refractivity contribution in [3.05, 3.63) is 18.0 Å². The van der Waals surface area contributed by atoms with Gasteiger partial charge < -0.3 is 5.32 Å². The van der Waals surface area contributed by atoms with Crippen LogP contribution in [0.5, 0.6) is 0 Å². The Hall–Kier alpha value is -0.880. The molecule has 6 heteroatoms. The van der Waals surface area contributed by atoms with Crippen molar-refractivity contribution in [2.24, 2.45) is 13.0 Å². The molecule has 0 saturated carbocycles. The SMILES string of the molecule is Cn1cc(CNCC2CCS(=O)(=O)C2)cn1. The summed E-state index contributed by atoms with van der Waals surface area (Å²) in [5, 5.41) is 7.35. The van der Waals surface area contributed by atoms with Crippen molar-refractivity contribution in [3.8, 4) is 0 Å². The summed E-state index contributed by atoms with van der Waals surface area (Å²) in [6, 6.07) is 0. The van der Waals surface area contributed by atoms with Crippen molar-refractivity contribution in [3.63, 3.8) is 0 Å². The van der Waals surface area contributed by atoms with Crippen LogP contribution in [-0.4, -0.2) is 36.2 Å². The van der Waals surface area contributed by atoms with Gasteiger partial charge in [0.05, 0.1) is 17.7 Å². The number of nitrogens with zero attached hydrogens (tertiary/aromatic N) is 2. The van der Waals surface area contributed by atoms with Crippen molar-refractivity contribution in [1.82, 2.24) is 15.1 Å². The molecule has 1 fully saturated rings. The molecule has 0 bridgehead atoms. The molecule has 0 spiro atoms. The van der Waals surface area contributed by atoms with Gasteiger partial charge >= 0.3 is 0 Å². The Labute approximate surface area is 95.8 Å². The van der Waals surface area contributed by atoms with Gasteiger partial charge in [-0.05, 0) is 18.9 Å². The van der Waals surface area contributed by atoms with Crippen LogP contribution in [0.2, 0.25) is 0 Å². The highest BCUT2D eigenvalue weighted by atomic mass is 32.2. The number of nitrogens with one attached hydrogen (secondary N) is 1. The lowest BCUT2D eigenvalue weighted by Crippen LogP contribution is -2.23. The van der Waals surface area contributed by atoms with E-state index in [1.165, 1.54) is 0 Å². The van der Waals surface area contributed by atoms with Crippen LogP contribution < -0.4 is 5.32 Å². The Kier molecular flexibility index (Phi) is 3.30. The molecule has 0 amide bonds. The van der Waals surface area contributed by atoms with Crippen LogP contribution in [0.4, 0.5) is 0 Å². The summed E-state index contributed by atoms with van der Waals surface area (Å²) in [5.41, 5.74) is 1.13. The number of rotatable bonds is 4. The quantitative estimate of drug-likeness (QED) is 0.805. The molecule has 5 nitrogen and oxygen atoms in total. The van der Waals surface area contributed by atoms with Gasteiger partial charge in [0, 0.05) is 25.4 Å². The molecule has 1 unspecified atom stereocenters. The van der Waals surface area contributed by atoms with Gasteiger partial charge in [-0.2, -0.15) is 5.10 Å². The molecule has 0 aliphatic carbocycles. The van der Waals surface area contributed by atoms with Crippen molar-refractivity contribution in [2.45, 2.75) is 13.0 Å². The van der Waals surface area contributed by atoms with E-state index in [1.54, 1.807) is 4.68 Å². The predicted octanol–water partition coefficient (Wildman–Crippen LogP) is -0.0556. The molecular weight excluding hydrogens is 226 g/mol. The fraction of sp³-hybridized carbons (Fsp3) is 0.700. The smallest absolute Gasteiger partial charge is 0.150 e. The van der Waals surface area contributed by atoms with Gasteiger partial charge in [0.25, 0.3) is 0 Å². The fourth-order valence-electron chi connectivity index (χ4n) is 2.02. The minimum atomic E-state index is -2.74. The monoisotopic (exact) mass is 243 g/mol. The third-order valence-electron chi connectivity index (χ3n) is 2.85. The molecule has 2 rings (SSSR count). The highest BCUT2D eigenvalue weighted by Gasteiger charge is 2.27. The second-order valence-corrected chi connectivity index (χ2v) is 6.65. The lowest BCUT2D eigenvalue weighted by molar-refractivity contribution is 0.521. The first-order valence-electron chi connectivity index (χ1n) is 5.44. The average molecular weight is 243 g/mol. The molecule has 0 aromatic carbocycles. The summed E-state index contributed by atoms with van der Waals surface area (Å²) < 4.78 is 24.2. The average Bonchev–Trinajstić information content (AvgIpc) is 2.73. The predicted molar refractivity (Wildman–Crippen MR) is 61.7 cm³/mol. The van der Waals surface area contributed by atoms with E-state index in [0.29, 0.717) is 11.5 Å². The van der Waals surface area contributed by atoms with Gasteiger partial charge in [0.2, 0.25) is 0 Å². The molecule has 1 aliphatic heterocycles. The molecular formula is C10H17N3O2S. The first-order chi connectivity index (χ1) is 7.55. The molecule has 0 radical (unpaired) electrons. The van der Waals surface area contributed by atoms with E-state index in [4.69, 9.17) is 0 Å². The first-order valence-corrected chi connectivity index (χ1v) is 7.26. The van der Waals surface area contributed by atoms with E-state index < -0.39 is 9.84 Å². The fourth-order valence-corrected chi connectivity index (χ4v) is 3.88. The summed E-state index contributed by atoms with van der Waals surface area (Å²) >= 11 is 0. The second-order valence-electron chi connectivity index (χ2n) is 4.42. The lowest BCUT2D eigenvalue weighted by atomic mass is 10.1. The zero-order valence-electron chi connectivity index (χ0n) is 9.39. The Bertz CT molecular complexity index is 452. The zero-order chi connectivity index (χ0) is 11.6. The van der Waals surface area contributed by atoms with E-state index in [0.717, 1.165) is 25.1 Å². The van der Waals surface area contributed by atoms with Crippen LogP contribution in [0, 0.1) is 5.92 Å². The van der Waals surface area contributed by atoms with Crippen LogP contribution in [0.1, 0.15) is 12.0 Å². The lowest BCUT2D eigenvalue weighted by Gasteiger charge is -2.07. The maximum Gasteiger partial charge on any atom is 0.150 e. The number of hydrogen-bond donors (Lipinski definition) is 1. The van der Waals surface area contributed by atoms with Gasteiger partial charge in [-0.25, -0.2) is 8.42 Å². The number of hydrogen-bond acceptors (Lipinski definition) is 4. The van der Waals surface area contributed by atoms with E-state index >= 15 is 0 Å². The van der Waals surface area contributed by atoms with Crippen molar-refractivity contribution in [1.29, 1.82) is 0 Å². The van der Waals surface area contributed by atoms with Crippen LogP contribution in [0.25, 0.3) is 0 Å². The number of aromatic nitrogens is 2. The topological polar surface area (TPSA) is 64.0 Å². The maximum atomic E-state index is 11.2. The first kappa shape index (κ1) is 11.6. The van der Waals surface area contributed by atoms with E-state index in [2.05, 4.69) is 10.4 Å². The molecule has 1 N–H and O–H groups in total. The van der Waals surface area contributed by atoms with Gasteiger partial charge in [0.1, 0.15) is 0 Å². The number of sulfone groups is 1. The Balaban J connectivity index is 1.73. The van der Waals surface area contributed by atoms with Crippen molar-refractivity contribution < 1.29 is 8.42 Å². The Morgan fingerprint density at radius 3 is 3.00 bits per heavy atom. The van der Waals surface area contributed by atoms with E-state index in [9.17, 15) is 8.42 Å². The number of aryl methyl sites for hydroxylation is 1. The Morgan fingerprint density at radius 2 is 2.44 bits per heavy atom. The van der Waals surface area contributed by atoms with Gasteiger partial charge in [-0.3, -0.25) is 4.68 Å². The summed E-state index contributed by atoms with van der Waals surface area (Å²) in [6.45, 7) is 1.53. The minimum Gasteiger partial charge on any atom is -0.312 e. The molecule has 1 saturated heterocycles. The normalized spacial score (nSPS) is 23.7. The molecule has 90 valence electrons. The van der Waals surface area contributed by atoms with Crippen molar-refractivity contribution >= 4 is 9.84 Å². The van der Waals surface area contributed by atoms with Crippen LogP contribution in [0.3, 0.4) is 0 Å². The summed E-state index contributed by atoms with van der Waals surface area (Å²) in [6.07, 6.45) is 4.57. The maximum absolute atomic E-state index is 11.2. The van der Waals surface area contributed by atoms with Gasteiger partial charge in [-0.15, -0.1) is 0 Å². The Morgan fingerprint density at radius 1 is 1.62 bits per heavy atom. The van der Waals surface area contributed by atoms with E-state index in [-0.39, 0.29) is 5.92 Å². The van der Waals surface area contributed by atoms with E-state index in [1.807, 2.05) is 19.4 Å². The van der Waals surface area contributed by atoms with Crippen LogP contribution in [0.15, 0.2) is 12.4 Å². The van der Waals surface area contributed by atoms with Gasteiger partial charge in [-0.1, -0.05) is 0 Å². The molecule has 2 heterocycles. The second kappa shape index (κ2) is 4.55. The third kappa shape index (κ3) is 3.05. The van der Waals surface area contributed by atoms with Gasteiger partial charge in [0.15, 0.2) is 9.84 Å². The molecule has 1 atom stereocenters. The third-order valence-corrected chi connectivity index (χ3v) is 4.68. The standard InChI is InChI=1S/C10H17N3O2S/c1-13-7-10(6-12-13)5-11-4-9-2-3-16(14,15)8-9/h6-7,9,11H,2-5,8H2,1H3. The molecule has 1 aromatic heterocycles. The summed E-state index contributed by atoms with van der Waals surface area (Å²) in [7, 11) is -0.861. The highest BCUT2D eigenvalue weighted by Crippen LogP contribution is 2.17. The van der Waals surface area contributed by atoms with Crippen LogP contribution >= 0.6 is 0 Å². The zero-order valence-corrected chi connectivity index (χ0v) is 10.2. The van der Waals surface area contributed by atoms with Crippen molar-refractivity contribution in [2.75, 3.05) is 18.1 Å². The van der Waals surface area contributed by atoms with Crippen LogP contribution in [-0.2, 0) is 23.4 Å². The molecule has 1 aromatic rings. The summed E-state index contributed by atoms with van der Waals surface area (Å²) in [5.74, 6) is 0.973. The summed E-state index contributed by atoms with van der Waals surface area (Å²) in [4.78, 5) is 0. The largest absolute Gasteiger partial charge is 0.312 e. The minimum absolute atomic E-state index is 0.279.